The molecule has 0 aliphatic carbocycles. The second-order valence-corrected chi connectivity index (χ2v) is 8.17. The first kappa shape index (κ1) is 18.8. The molecule has 0 radical (unpaired) electrons. The molecule has 1 aromatic carbocycles. The van der Waals surface area contributed by atoms with Crippen molar-refractivity contribution < 1.29 is 4.79 Å². The van der Waals surface area contributed by atoms with E-state index in [2.05, 4.69) is 38.0 Å². The number of pyridine rings is 1. The van der Waals surface area contributed by atoms with Crippen molar-refractivity contribution in [3.63, 3.8) is 0 Å². The van der Waals surface area contributed by atoms with E-state index in [1.165, 1.54) is 11.3 Å². The number of nitrogens with one attached hydrogen (secondary N) is 2. The standard InChI is InChI=1S/C20H20BN7OS/c21-28-9-7-27(8-10-28)16-5-4-13(12-23-16)18-24-15-3-1-2-14(17(15)25-18)19(29)26-20-22-6-11-30-20/h1-6,11-12H,7-10,21H2,(H,24,25)(H,22,26,29). The van der Waals surface area contributed by atoms with E-state index in [1.54, 1.807) is 12.3 Å². The van der Waals surface area contributed by atoms with Gasteiger partial charge in [-0.1, -0.05) is 6.07 Å². The number of aromatic nitrogens is 4. The van der Waals surface area contributed by atoms with E-state index in [4.69, 9.17) is 4.98 Å². The summed E-state index contributed by atoms with van der Waals surface area (Å²) in [6.07, 6.45) is 3.49. The van der Waals surface area contributed by atoms with E-state index in [9.17, 15) is 4.79 Å². The lowest BCUT2D eigenvalue weighted by Gasteiger charge is -2.33. The minimum atomic E-state index is -0.225. The second-order valence-electron chi connectivity index (χ2n) is 7.27. The van der Waals surface area contributed by atoms with Crippen molar-refractivity contribution in [3.8, 4) is 11.4 Å². The average molecular weight is 417 g/mol. The fourth-order valence-corrected chi connectivity index (χ4v) is 4.07. The number of aromatic amines is 1. The van der Waals surface area contributed by atoms with Crippen LogP contribution in [0.15, 0.2) is 48.1 Å². The third-order valence-electron chi connectivity index (χ3n) is 5.26. The van der Waals surface area contributed by atoms with Gasteiger partial charge in [-0.2, -0.15) is 0 Å². The van der Waals surface area contributed by atoms with Gasteiger partial charge in [-0.05, 0) is 24.3 Å². The highest BCUT2D eigenvalue weighted by molar-refractivity contribution is 7.13. The maximum Gasteiger partial charge on any atom is 0.259 e. The maximum atomic E-state index is 12.7. The van der Waals surface area contributed by atoms with Gasteiger partial charge in [-0.25, -0.2) is 15.0 Å². The first-order chi connectivity index (χ1) is 14.7. The van der Waals surface area contributed by atoms with Crippen LogP contribution in [0.4, 0.5) is 10.9 Å². The molecule has 4 heterocycles. The van der Waals surface area contributed by atoms with E-state index in [-0.39, 0.29) is 5.91 Å². The topological polar surface area (TPSA) is 90.0 Å². The van der Waals surface area contributed by atoms with Crippen LogP contribution in [0.3, 0.4) is 0 Å². The van der Waals surface area contributed by atoms with E-state index in [0.717, 1.165) is 43.1 Å². The summed E-state index contributed by atoms with van der Waals surface area (Å²) in [7, 11) is 2.14. The van der Waals surface area contributed by atoms with Crippen LogP contribution in [-0.4, -0.2) is 64.8 Å². The number of piperazine rings is 1. The smallest absolute Gasteiger partial charge is 0.259 e. The molecule has 150 valence electrons. The van der Waals surface area contributed by atoms with Crippen molar-refractivity contribution >= 4 is 47.2 Å². The lowest BCUT2D eigenvalue weighted by molar-refractivity contribution is 0.102. The Morgan fingerprint density at radius 1 is 1.13 bits per heavy atom. The highest BCUT2D eigenvalue weighted by Crippen LogP contribution is 2.25. The Hall–Kier alpha value is -3.24. The number of fused-ring (bicyclic) bond motifs is 1. The molecule has 2 N–H and O–H groups in total. The fraction of sp³-hybridized carbons (Fsp3) is 0.200. The van der Waals surface area contributed by atoms with Crippen molar-refractivity contribution in [2.45, 2.75) is 0 Å². The number of carbonyl (C=O) groups excluding carboxylic acids is 1. The molecule has 1 fully saturated rings. The van der Waals surface area contributed by atoms with Crippen molar-refractivity contribution in [1.29, 1.82) is 0 Å². The van der Waals surface area contributed by atoms with E-state index >= 15 is 0 Å². The molecule has 1 aliphatic heterocycles. The molecule has 3 aromatic heterocycles. The summed E-state index contributed by atoms with van der Waals surface area (Å²) < 4.78 is 0. The summed E-state index contributed by atoms with van der Waals surface area (Å²) >= 11 is 1.38. The number of benzene rings is 1. The lowest BCUT2D eigenvalue weighted by atomic mass is 10.2. The van der Waals surface area contributed by atoms with Gasteiger partial charge in [-0.3, -0.25) is 10.1 Å². The maximum absolute atomic E-state index is 12.7. The number of anilines is 2. The van der Waals surface area contributed by atoms with Crippen LogP contribution in [0.1, 0.15) is 10.4 Å². The van der Waals surface area contributed by atoms with Gasteiger partial charge in [0.15, 0.2) is 13.1 Å². The SMILES string of the molecule is BN1CCN(c2ccc(-c3nc4c(C(=O)Nc5nccs5)cccc4[nH]3)cn2)CC1. The second kappa shape index (κ2) is 7.89. The summed E-state index contributed by atoms with van der Waals surface area (Å²) in [6, 6.07) is 9.58. The number of nitrogens with zero attached hydrogens (tertiary/aromatic N) is 5. The molecule has 0 unspecified atom stereocenters. The predicted octanol–water partition coefficient (Wildman–Crippen LogP) is 2.00. The van der Waals surface area contributed by atoms with Crippen molar-refractivity contribution in [2.24, 2.45) is 0 Å². The largest absolute Gasteiger partial charge is 0.354 e. The Labute approximate surface area is 178 Å². The molecule has 1 aliphatic rings. The molecule has 4 aromatic rings. The van der Waals surface area contributed by atoms with Gasteiger partial charge in [0.05, 0.1) is 11.1 Å². The molecule has 1 amide bonds. The Balaban J connectivity index is 1.40. The molecular formula is C20H20BN7OS. The van der Waals surface area contributed by atoms with E-state index in [0.29, 0.717) is 22.0 Å². The lowest BCUT2D eigenvalue weighted by Crippen LogP contribution is -2.45. The van der Waals surface area contributed by atoms with E-state index < -0.39 is 0 Å². The number of amides is 1. The van der Waals surface area contributed by atoms with Crippen LogP contribution in [0.5, 0.6) is 0 Å². The summed E-state index contributed by atoms with van der Waals surface area (Å²) in [5.41, 5.74) is 2.83. The van der Waals surface area contributed by atoms with Crippen LogP contribution in [0.2, 0.25) is 0 Å². The Bertz CT molecular complexity index is 1170. The number of H-pyrrole nitrogens is 1. The van der Waals surface area contributed by atoms with Gasteiger partial charge >= 0.3 is 0 Å². The molecule has 30 heavy (non-hydrogen) atoms. The highest BCUT2D eigenvalue weighted by atomic mass is 32.1. The first-order valence-electron chi connectivity index (χ1n) is 9.77. The Morgan fingerprint density at radius 3 is 2.73 bits per heavy atom. The number of hydrogen-bond acceptors (Lipinski definition) is 7. The van der Waals surface area contributed by atoms with Gasteiger partial charge in [0.2, 0.25) is 0 Å². The number of rotatable bonds is 4. The predicted molar refractivity (Wildman–Crippen MR) is 122 cm³/mol. The molecule has 8 nitrogen and oxygen atoms in total. The molecular weight excluding hydrogens is 397 g/mol. The van der Waals surface area contributed by atoms with Crippen LogP contribution in [0.25, 0.3) is 22.4 Å². The molecule has 5 rings (SSSR count). The molecule has 0 atom stereocenters. The average Bonchev–Trinajstić information content (AvgIpc) is 3.44. The minimum Gasteiger partial charge on any atom is -0.354 e. The van der Waals surface area contributed by atoms with E-state index in [1.807, 2.05) is 35.8 Å². The minimum absolute atomic E-state index is 0.225. The molecule has 0 saturated carbocycles. The van der Waals surface area contributed by atoms with Crippen LogP contribution < -0.4 is 10.2 Å². The van der Waals surface area contributed by atoms with Crippen LogP contribution in [-0.2, 0) is 0 Å². The first-order valence-corrected chi connectivity index (χ1v) is 10.6. The number of carbonyl (C=O) groups is 1. The molecule has 0 bridgehead atoms. The quantitative estimate of drug-likeness (QED) is 0.494. The summed E-state index contributed by atoms with van der Waals surface area (Å²) in [5, 5.41) is 5.21. The summed E-state index contributed by atoms with van der Waals surface area (Å²) in [5.74, 6) is 1.44. The summed E-state index contributed by atoms with van der Waals surface area (Å²) in [6.45, 7) is 4.04. The fourth-order valence-electron chi connectivity index (χ4n) is 3.55. The van der Waals surface area contributed by atoms with Crippen molar-refractivity contribution in [2.75, 3.05) is 36.4 Å². The third kappa shape index (κ3) is 3.67. The van der Waals surface area contributed by atoms with Crippen LogP contribution >= 0.6 is 11.3 Å². The normalized spacial score (nSPS) is 14.9. The molecule has 0 spiro atoms. The number of hydrogen-bond donors (Lipinski definition) is 2. The van der Waals surface area contributed by atoms with Gasteiger partial charge in [-0.15, -0.1) is 11.3 Å². The van der Waals surface area contributed by atoms with Gasteiger partial charge in [0.25, 0.3) is 5.91 Å². The Morgan fingerprint density at radius 2 is 2.00 bits per heavy atom. The zero-order valence-corrected chi connectivity index (χ0v) is 17.3. The van der Waals surface area contributed by atoms with Crippen molar-refractivity contribution in [1.82, 2.24) is 24.7 Å². The third-order valence-corrected chi connectivity index (χ3v) is 5.95. The Kier molecular flexibility index (Phi) is 4.93. The zero-order valence-electron chi connectivity index (χ0n) is 16.5. The number of imidazole rings is 1. The summed E-state index contributed by atoms with van der Waals surface area (Å²) in [4.78, 5) is 34.1. The van der Waals surface area contributed by atoms with Crippen LogP contribution in [0, 0.1) is 0 Å². The molecule has 1 saturated heterocycles. The van der Waals surface area contributed by atoms with Gasteiger partial charge in [0.1, 0.15) is 17.2 Å². The highest BCUT2D eigenvalue weighted by Gasteiger charge is 2.17. The van der Waals surface area contributed by atoms with Crippen molar-refractivity contribution in [3.05, 3.63) is 53.7 Å². The number of thiazole rings is 1. The number of para-hydroxylation sites is 1. The monoisotopic (exact) mass is 417 g/mol. The van der Waals surface area contributed by atoms with Gasteiger partial charge in [0, 0.05) is 49.5 Å². The molecule has 10 heteroatoms. The zero-order chi connectivity index (χ0) is 20.5. The van der Waals surface area contributed by atoms with Gasteiger partial charge < -0.3 is 14.7 Å².